The number of primary amides is 1. The van der Waals surface area contributed by atoms with Crippen molar-refractivity contribution < 1.29 is 18.4 Å². The Labute approximate surface area is 187 Å². The number of nitrogens with zero attached hydrogens (tertiary/aromatic N) is 3. The SMILES string of the molecule is Cn1ncc(Br)c1C(=O)Nc1c(C(N)=O)sc2nc(C(F)F)cc(-c3ccccc3)c12. The third kappa shape index (κ3) is 3.81. The van der Waals surface area contributed by atoms with Crippen LogP contribution in [0.15, 0.2) is 47.1 Å². The normalized spacial score (nSPS) is 11.3. The molecule has 0 aliphatic heterocycles. The Hall–Kier alpha value is -3.18. The summed E-state index contributed by atoms with van der Waals surface area (Å²) in [6, 6.07) is 10.1. The maximum Gasteiger partial charge on any atom is 0.280 e. The van der Waals surface area contributed by atoms with E-state index in [1.807, 2.05) is 0 Å². The van der Waals surface area contributed by atoms with E-state index in [0.29, 0.717) is 21.0 Å². The van der Waals surface area contributed by atoms with Crippen LogP contribution in [-0.2, 0) is 7.05 Å². The van der Waals surface area contributed by atoms with Gasteiger partial charge in [-0.25, -0.2) is 13.8 Å². The first-order valence-corrected chi connectivity index (χ1v) is 10.5. The van der Waals surface area contributed by atoms with E-state index in [1.165, 1.54) is 16.9 Å². The second kappa shape index (κ2) is 8.16. The third-order valence-corrected chi connectivity index (χ3v) is 6.24. The van der Waals surface area contributed by atoms with E-state index in [9.17, 15) is 18.4 Å². The Morgan fingerprint density at radius 3 is 2.55 bits per heavy atom. The Balaban J connectivity index is 1.98. The van der Waals surface area contributed by atoms with Gasteiger partial charge in [-0.05, 0) is 33.1 Å². The van der Waals surface area contributed by atoms with E-state index in [1.54, 1.807) is 37.4 Å². The van der Waals surface area contributed by atoms with E-state index >= 15 is 0 Å². The molecule has 0 unspecified atom stereocenters. The predicted molar refractivity (Wildman–Crippen MR) is 117 cm³/mol. The van der Waals surface area contributed by atoms with Gasteiger partial charge in [0.2, 0.25) is 0 Å². The minimum Gasteiger partial charge on any atom is -0.365 e. The maximum atomic E-state index is 13.5. The zero-order valence-electron chi connectivity index (χ0n) is 15.9. The molecular formula is C20H14BrF2N5O2S. The molecule has 31 heavy (non-hydrogen) atoms. The fourth-order valence-electron chi connectivity index (χ4n) is 3.21. The summed E-state index contributed by atoms with van der Waals surface area (Å²) in [6.45, 7) is 0. The first kappa shape index (κ1) is 21.1. The van der Waals surface area contributed by atoms with Crippen molar-refractivity contribution in [2.24, 2.45) is 12.8 Å². The Kier molecular flexibility index (Phi) is 5.54. The van der Waals surface area contributed by atoms with E-state index in [-0.39, 0.29) is 21.1 Å². The molecule has 0 radical (unpaired) electrons. The van der Waals surface area contributed by atoms with Crippen molar-refractivity contribution >= 4 is 55.0 Å². The highest BCUT2D eigenvalue weighted by Crippen LogP contribution is 2.42. The molecule has 0 spiro atoms. The number of nitrogens with two attached hydrogens (primary N) is 1. The number of halogens is 3. The summed E-state index contributed by atoms with van der Waals surface area (Å²) in [4.78, 5) is 29.3. The van der Waals surface area contributed by atoms with Crippen molar-refractivity contribution in [2.45, 2.75) is 6.43 Å². The zero-order chi connectivity index (χ0) is 22.3. The van der Waals surface area contributed by atoms with Crippen molar-refractivity contribution in [1.82, 2.24) is 14.8 Å². The highest BCUT2D eigenvalue weighted by molar-refractivity contribution is 9.10. The van der Waals surface area contributed by atoms with Gasteiger partial charge < -0.3 is 11.1 Å². The highest BCUT2D eigenvalue weighted by Gasteiger charge is 2.26. The monoisotopic (exact) mass is 505 g/mol. The van der Waals surface area contributed by atoms with Crippen LogP contribution >= 0.6 is 27.3 Å². The molecule has 0 atom stereocenters. The van der Waals surface area contributed by atoms with Crippen LogP contribution in [0.4, 0.5) is 14.5 Å². The standard InChI is InChI=1S/C20H14BrF2N5O2S/c1-28-15(11(21)8-25-28)19(30)27-14-13-10(9-5-3-2-4-6-9)7-12(17(22)23)26-20(13)31-16(14)18(24)29/h2-8,17H,1H3,(H2,24,29)(H,27,30). The lowest BCUT2D eigenvalue weighted by molar-refractivity contribution is 0.100. The molecule has 2 amide bonds. The summed E-state index contributed by atoms with van der Waals surface area (Å²) < 4.78 is 28.8. The smallest absolute Gasteiger partial charge is 0.280 e. The molecule has 4 rings (SSSR count). The number of hydrogen-bond donors (Lipinski definition) is 2. The van der Waals surface area contributed by atoms with Crippen molar-refractivity contribution in [2.75, 3.05) is 5.32 Å². The molecule has 0 bridgehead atoms. The summed E-state index contributed by atoms with van der Waals surface area (Å²) in [5, 5.41) is 7.08. The average molecular weight is 506 g/mol. The quantitative estimate of drug-likeness (QED) is 0.408. The molecule has 3 heterocycles. The molecule has 0 aliphatic carbocycles. The number of carbonyl (C=O) groups excluding carboxylic acids is 2. The predicted octanol–water partition coefficient (Wildman–Crippen LogP) is 4.75. The lowest BCUT2D eigenvalue weighted by atomic mass is 10.0. The minimum absolute atomic E-state index is 0.0118. The van der Waals surface area contributed by atoms with E-state index in [0.717, 1.165) is 11.3 Å². The zero-order valence-corrected chi connectivity index (χ0v) is 18.3. The average Bonchev–Trinajstić information content (AvgIpc) is 3.27. The summed E-state index contributed by atoms with van der Waals surface area (Å²) in [6.07, 6.45) is -1.35. The van der Waals surface area contributed by atoms with Crippen molar-refractivity contribution in [1.29, 1.82) is 0 Å². The first-order valence-electron chi connectivity index (χ1n) is 8.87. The van der Waals surface area contributed by atoms with Gasteiger partial charge in [0.25, 0.3) is 18.2 Å². The summed E-state index contributed by atoms with van der Waals surface area (Å²) in [5.74, 6) is -1.36. The molecular weight excluding hydrogens is 492 g/mol. The molecule has 11 heteroatoms. The van der Waals surface area contributed by atoms with Gasteiger partial charge in [0.1, 0.15) is 21.1 Å². The van der Waals surface area contributed by atoms with Crippen LogP contribution in [0.1, 0.15) is 32.3 Å². The number of fused-ring (bicyclic) bond motifs is 1. The number of aryl methyl sites for hydroxylation is 1. The number of hydrogen-bond acceptors (Lipinski definition) is 5. The fourth-order valence-corrected chi connectivity index (χ4v) is 4.75. The van der Waals surface area contributed by atoms with E-state index in [4.69, 9.17) is 5.73 Å². The molecule has 4 aromatic rings. The van der Waals surface area contributed by atoms with Gasteiger partial charge in [0.05, 0.1) is 16.4 Å². The molecule has 158 valence electrons. The van der Waals surface area contributed by atoms with Gasteiger partial charge in [-0.3, -0.25) is 14.3 Å². The van der Waals surface area contributed by atoms with Crippen molar-refractivity contribution in [3.05, 3.63) is 63.3 Å². The summed E-state index contributed by atoms with van der Waals surface area (Å²) in [7, 11) is 1.59. The number of thiophene rings is 1. The Morgan fingerprint density at radius 2 is 1.97 bits per heavy atom. The second-order valence-corrected chi connectivity index (χ2v) is 8.38. The van der Waals surface area contributed by atoms with Gasteiger partial charge in [-0.1, -0.05) is 30.3 Å². The number of benzene rings is 1. The number of rotatable bonds is 5. The van der Waals surface area contributed by atoms with Crippen molar-refractivity contribution in [3.63, 3.8) is 0 Å². The third-order valence-electron chi connectivity index (χ3n) is 4.56. The molecule has 0 fully saturated rings. The van der Waals surface area contributed by atoms with E-state index < -0.39 is 23.9 Å². The van der Waals surface area contributed by atoms with Gasteiger partial charge in [-0.15, -0.1) is 11.3 Å². The Morgan fingerprint density at radius 1 is 1.26 bits per heavy atom. The number of alkyl halides is 2. The first-order chi connectivity index (χ1) is 14.8. The van der Waals surface area contributed by atoms with Crippen LogP contribution in [0.25, 0.3) is 21.3 Å². The summed E-state index contributed by atoms with van der Waals surface area (Å²) >= 11 is 4.12. The molecule has 7 nitrogen and oxygen atoms in total. The number of nitrogens with one attached hydrogen (secondary N) is 1. The lowest BCUT2D eigenvalue weighted by Crippen LogP contribution is -2.19. The molecule has 1 aromatic carbocycles. The number of carbonyl (C=O) groups is 2. The van der Waals surface area contributed by atoms with Crippen LogP contribution in [0.2, 0.25) is 0 Å². The van der Waals surface area contributed by atoms with Crippen LogP contribution in [0.3, 0.4) is 0 Å². The number of anilines is 1. The molecule has 0 saturated carbocycles. The highest BCUT2D eigenvalue weighted by atomic mass is 79.9. The van der Waals surface area contributed by atoms with Gasteiger partial charge in [0, 0.05) is 12.4 Å². The largest absolute Gasteiger partial charge is 0.365 e. The fraction of sp³-hybridized carbons (Fsp3) is 0.100. The van der Waals surface area contributed by atoms with Crippen molar-refractivity contribution in [3.8, 4) is 11.1 Å². The number of pyridine rings is 1. The lowest BCUT2D eigenvalue weighted by Gasteiger charge is -2.11. The van der Waals surface area contributed by atoms with Crippen LogP contribution in [0.5, 0.6) is 0 Å². The second-order valence-electron chi connectivity index (χ2n) is 6.53. The van der Waals surface area contributed by atoms with Crippen LogP contribution in [0, 0.1) is 0 Å². The minimum atomic E-state index is -2.81. The van der Waals surface area contributed by atoms with Gasteiger partial charge in [-0.2, -0.15) is 5.10 Å². The van der Waals surface area contributed by atoms with E-state index in [2.05, 4.69) is 31.3 Å². The summed E-state index contributed by atoms with van der Waals surface area (Å²) in [5.41, 5.74) is 6.48. The topological polar surface area (TPSA) is 103 Å². The van der Waals surface area contributed by atoms with Crippen LogP contribution < -0.4 is 11.1 Å². The molecule has 3 N–H and O–H groups in total. The molecule has 0 saturated heterocycles. The van der Waals surface area contributed by atoms with Gasteiger partial charge in [0.15, 0.2) is 0 Å². The van der Waals surface area contributed by atoms with Crippen LogP contribution in [-0.4, -0.2) is 26.6 Å². The maximum absolute atomic E-state index is 13.5. The number of aromatic nitrogens is 3. The molecule has 3 aromatic heterocycles. The number of amides is 2. The molecule has 0 aliphatic rings. The Bertz CT molecular complexity index is 1300. The van der Waals surface area contributed by atoms with Gasteiger partial charge >= 0.3 is 0 Å².